The van der Waals surface area contributed by atoms with Gasteiger partial charge in [0.05, 0.1) is 13.2 Å². The molecule has 2 aliphatic heterocycles. The minimum atomic E-state index is -0.379. The molecule has 0 bridgehead atoms. The summed E-state index contributed by atoms with van der Waals surface area (Å²) in [5.74, 6) is 1.18. The Hall–Kier alpha value is -3.95. The lowest BCUT2D eigenvalue weighted by Crippen LogP contribution is -2.49. The zero-order valence-corrected chi connectivity index (χ0v) is 21.6. The van der Waals surface area contributed by atoms with E-state index in [1.165, 1.54) is 5.56 Å². The van der Waals surface area contributed by atoms with Gasteiger partial charge in [0.2, 0.25) is 0 Å². The van der Waals surface area contributed by atoms with Crippen molar-refractivity contribution in [2.75, 3.05) is 62.7 Å². The van der Waals surface area contributed by atoms with Crippen molar-refractivity contribution in [3.63, 3.8) is 0 Å². The lowest BCUT2D eigenvalue weighted by molar-refractivity contribution is 0.0342. The van der Waals surface area contributed by atoms with E-state index in [0.29, 0.717) is 43.2 Å². The van der Waals surface area contributed by atoms with Crippen molar-refractivity contribution in [3.05, 3.63) is 83.6 Å². The van der Waals surface area contributed by atoms with Crippen molar-refractivity contribution < 1.29 is 19.1 Å². The maximum atomic E-state index is 12.7. The molecule has 2 saturated heterocycles. The highest BCUT2D eigenvalue weighted by atomic mass is 16.6. The summed E-state index contributed by atoms with van der Waals surface area (Å²) in [6.45, 7) is 8.73. The number of carbonyl (C=O) groups is 2. The van der Waals surface area contributed by atoms with Gasteiger partial charge in [-0.1, -0.05) is 18.2 Å². The number of anilines is 2. The van der Waals surface area contributed by atoms with E-state index < -0.39 is 0 Å². The number of hydrogen-bond donors (Lipinski definition) is 1. The number of aromatic nitrogens is 1. The topological polar surface area (TPSA) is 87.2 Å². The van der Waals surface area contributed by atoms with Gasteiger partial charge in [0.25, 0.3) is 5.91 Å². The molecule has 0 radical (unpaired) electrons. The molecule has 2 aromatic carbocycles. The molecule has 2 amide bonds. The summed E-state index contributed by atoms with van der Waals surface area (Å²) in [4.78, 5) is 36.1. The quantitative estimate of drug-likeness (QED) is 0.534. The van der Waals surface area contributed by atoms with Crippen LogP contribution in [0.4, 0.5) is 16.3 Å². The summed E-state index contributed by atoms with van der Waals surface area (Å²) in [5, 5.41) is 2.90. The molecular formula is C29H33N5O4. The Kier molecular flexibility index (Phi) is 8.15. The van der Waals surface area contributed by atoms with Crippen LogP contribution in [0.1, 0.15) is 21.6 Å². The van der Waals surface area contributed by atoms with Gasteiger partial charge in [-0.05, 0) is 61.0 Å². The third-order valence-corrected chi connectivity index (χ3v) is 6.78. The number of ether oxygens (including phenoxy) is 2. The van der Waals surface area contributed by atoms with Crippen LogP contribution < -0.4 is 15.0 Å². The second kappa shape index (κ2) is 12.1. The third-order valence-electron chi connectivity index (χ3n) is 6.78. The molecule has 2 fully saturated rings. The van der Waals surface area contributed by atoms with Gasteiger partial charge in [-0.3, -0.25) is 9.69 Å². The monoisotopic (exact) mass is 515 g/mol. The van der Waals surface area contributed by atoms with Crippen LogP contribution in [-0.4, -0.2) is 79.3 Å². The largest absolute Gasteiger partial charge is 0.415 e. The van der Waals surface area contributed by atoms with Crippen LogP contribution in [0, 0.1) is 6.92 Å². The van der Waals surface area contributed by atoms with Crippen LogP contribution in [0.3, 0.4) is 0 Å². The highest BCUT2D eigenvalue weighted by Gasteiger charge is 2.23. The molecule has 9 nitrogen and oxygen atoms in total. The second-order valence-corrected chi connectivity index (χ2v) is 9.54. The summed E-state index contributed by atoms with van der Waals surface area (Å²) in [6, 6.07) is 20.5. The van der Waals surface area contributed by atoms with Crippen molar-refractivity contribution in [1.82, 2.24) is 14.8 Å². The summed E-state index contributed by atoms with van der Waals surface area (Å²) < 4.78 is 11.0. The van der Waals surface area contributed by atoms with E-state index in [1.54, 1.807) is 29.2 Å². The number of nitrogens with zero attached hydrogens (tertiary/aromatic N) is 4. The molecule has 5 rings (SSSR count). The molecule has 38 heavy (non-hydrogen) atoms. The van der Waals surface area contributed by atoms with E-state index in [1.807, 2.05) is 49.4 Å². The SMILES string of the molecule is Cc1cccc(N2CCN(C(=O)Oc3ccc(NC(=O)c4ccc(CN5CCOCC5)cc4)cc3)CC2)n1. The third kappa shape index (κ3) is 6.67. The average molecular weight is 516 g/mol. The molecule has 0 unspecified atom stereocenters. The zero-order chi connectivity index (χ0) is 26.3. The number of pyridine rings is 1. The molecule has 2 aliphatic rings. The Morgan fingerprint density at radius 2 is 1.61 bits per heavy atom. The summed E-state index contributed by atoms with van der Waals surface area (Å²) >= 11 is 0. The Bertz CT molecular complexity index is 1230. The highest BCUT2D eigenvalue weighted by Crippen LogP contribution is 2.19. The van der Waals surface area contributed by atoms with Gasteiger partial charge in [-0.2, -0.15) is 0 Å². The van der Waals surface area contributed by atoms with Crippen LogP contribution in [0.5, 0.6) is 5.75 Å². The first-order valence-electron chi connectivity index (χ1n) is 13.0. The molecule has 198 valence electrons. The first-order valence-corrected chi connectivity index (χ1v) is 13.0. The van der Waals surface area contributed by atoms with E-state index in [2.05, 4.69) is 20.1 Å². The molecule has 0 saturated carbocycles. The second-order valence-electron chi connectivity index (χ2n) is 9.54. The van der Waals surface area contributed by atoms with Crippen molar-refractivity contribution in [2.45, 2.75) is 13.5 Å². The fourth-order valence-electron chi connectivity index (χ4n) is 4.58. The normalized spacial score (nSPS) is 16.2. The smallest absolute Gasteiger partial charge is 0.410 e. The summed E-state index contributed by atoms with van der Waals surface area (Å²) in [5.41, 5.74) is 3.36. The Morgan fingerprint density at radius 1 is 0.895 bits per heavy atom. The van der Waals surface area contributed by atoms with Crippen LogP contribution in [0.15, 0.2) is 66.7 Å². The Labute approximate surface area is 223 Å². The van der Waals surface area contributed by atoms with Gasteiger partial charge in [0.1, 0.15) is 11.6 Å². The average Bonchev–Trinajstić information content (AvgIpc) is 2.95. The number of nitrogens with one attached hydrogen (secondary N) is 1. The van der Waals surface area contributed by atoms with Crippen LogP contribution in [0.25, 0.3) is 0 Å². The molecule has 9 heteroatoms. The fraction of sp³-hybridized carbons (Fsp3) is 0.345. The van der Waals surface area contributed by atoms with E-state index in [4.69, 9.17) is 9.47 Å². The van der Waals surface area contributed by atoms with E-state index in [0.717, 1.165) is 44.4 Å². The van der Waals surface area contributed by atoms with E-state index >= 15 is 0 Å². The molecular weight excluding hydrogens is 482 g/mol. The Morgan fingerprint density at radius 3 is 2.29 bits per heavy atom. The standard InChI is InChI=1S/C29H33N5O4/c1-22-3-2-4-27(30-22)33-13-15-34(16-14-33)29(36)38-26-11-9-25(10-12-26)31-28(35)24-7-5-23(6-8-24)21-32-17-19-37-20-18-32/h2-12H,13-21H2,1H3,(H,31,35). The van der Waals surface area contributed by atoms with Gasteiger partial charge in [0, 0.05) is 62.8 Å². The lowest BCUT2D eigenvalue weighted by atomic mass is 10.1. The van der Waals surface area contributed by atoms with Crippen LogP contribution >= 0.6 is 0 Å². The maximum absolute atomic E-state index is 12.7. The number of hydrogen-bond acceptors (Lipinski definition) is 7. The Balaban J connectivity index is 1.08. The number of morpholine rings is 1. The number of piperazine rings is 1. The number of aryl methyl sites for hydroxylation is 1. The fourth-order valence-corrected chi connectivity index (χ4v) is 4.58. The van der Waals surface area contributed by atoms with Gasteiger partial charge in [-0.15, -0.1) is 0 Å². The molecule has 1 aromatic heterocycles. The first-order chi connectivity index (χ1) is 18.5. The van der Waals surface area contributed by atoms with Crippen molar-refractivity contribution in [3.8, 4) is 5.75 Å². The van der Waals surface area contributed by atoms with Crippen LogP contribution in [-0.2, 0) is 11.3 Å². The van der Waals surface area contributed by atoms with Crippen molar-refractivity contribution in [1.29, 1.82) is 0 Å². The predicted octanol–water partition coefficient (Wildman–Crippen LogP) is 3.80. The molecule has 0 spiro atoms. The molecule has 3 heterocycles. The first kappa shape index (κ1) is 25.7. The van der Waals surface area contributed by atoms with Gasteiger partial charge in [0.15, 0.2) is 0 Å². The zero-order valence-electron chi connectivity index (χ0n) is 21.6. The molecule has 1 N–H and O–H groups in total. The number of rotatable bonds is 6. The summed E-state index contributed by atoms with van der Waals surface area (Å²) in [7, 11) is 0. The predicted molar refractivity (Wildman–Crippen MR) is 146 cm³/mol. The van der Waals surface area contributed by atoms with Crippen LogP contribution in [0.2, 0.25) is 0 Å². The van der Waals surface area contributed by atoms with Gasteiger partial charge >= 0.3 is 6.09 Å². The summed E-state index contributed by atoms with van der Waals surface area (Å²) in [6.07, 6.45) is -0.379. The molecule has 3 aromatic rings. The highest BCUT2D eigenvalue weighted by molar-refractivity contribution is 6.04. The number of amides is 2. The molecule has 0 aliphatic carbocycles. The van der Waals surface area contributed by atoms with Crippen molar-refractivity contribution in [2.24, 2.45) is 0 Å². The van der Waals surface area contributed by atoms with Gasteiger partial charge < -0.3 is 24.6 Å². The van der Waals surface area contributed by atoms with E-state index in [9.17, 15) is 9.59 Å². The van der Waals surface area contributed by atoms with E-state index in [-0.39, 0.29) is 12.0 Å². The minimum absolute atomic E-state index is 0.186. The number of benzene rings is 2. The lowest BCUT2D eigenvalue weighted by Gasteiger charge is -2.34. The minimum Gasteiger partial charge on any atom is -0.410 e. The maximum Gasteiger partial charge on any atom is 0.415 e. The van der Waals surface area contributed by atoms with Gasteiger partial charge in [-0.25, -0.2) is 9.78 Å². The number of carbonyl (C=O) groups excluding carboxylic acids is 2. The molecule has 0 atom stereocenters. The van der Waals surface area contributed by atoms with Crippen molar-refractivity contribution >= 4 is 23.5 Å².